The zero-order valence-corrected chi connectivity index (χ0v) is 10.3. The Labute approximate surface area is 89.4 Å². The fourth-order valence-electron chi connectivity index (χ4n) is 0.974. The van der Waals surface area contributed by atoms with Crippen molar-refractivity contribution in [3.05, 3.63) is 35.4 Å². The summed E-state index contributed by atoms with van der Waals surface area (Å²) < 4.78 is 0. The van der Waals surface area contributed by atoms with Crippen LogP contribution in [-0.4, -0.2) is 0 Å². The number of rotatable bonds is 0. The van der Waals surface area contributed by atoms with Crippen LogP contribution in [0, 0.1) is 19.8 Å². The van der Waals surface area contributed by atoms with E-state index in [2.05, 4.69) is 45.0 Å². The summed E-state index contributed by atoms with van der Waals surface area (Å²) in [6, 6.07) is 8.45. The molecule has 0 unspecified atom stereocenters. The molecule has 80 valence electrons. The Hall–Kier alpha value is -0.780. The molecule has 0 aromatic heterocycles. The van der Waals surface area contributed by atoms with Crippen molar-refractivity contribution >= 4 is 0 Å². The molecule has 0 atom stereocenters. The van der Waals surface area contributed by atoms with Gasteiger partial charge in [-0.2, -0.15) is 0 Å². The minimum absolute atomic E-state index is 1.08. The first-order chi connectivity index (χ1) is 6.68. The second-order valence-electron chi connectivity index (χ2n) is 3.84. The maximum Gasteiger partial charge on any atom is -0.0398 e. The SMILES string of the molecule is CC.CC1CC1.Cc1cccc(C)c1. The van der Waals surface area contributed by atoms with E-state index in [4.69, 9.17) is 0 Å². The van der Waals surface area contributed by atoms with Crippen LogP contribution in [0.3, 0.4) is 0 Å². The van der Waals surface area contributed by atoms with Gasteiger partial charge in [0.1, 0.15) is 0 Å². The van der Waals surface area contributed by atoms with Crippen LogP contribution in [0.15, 0.2) is 24.3 Å². The van der Waals surface area contributed by atoms with Crippen LogP contribution < -0.4 is 0 Å². The van der Waals surface area contributed by atoms with Gasteiger partial charge in [0.2, 0.25) is 0 Å². The van der Waals surface area contributed by atoms with E-state index in [0.29, 0.717) is 0 Å². The highest BCUT2D eigenvalue weighted by molar-refractivity contribution is 5.20. The Kier molecular flexibility index (Phi) is 7.18. The van der Waals surface area contributed by atoms with Crippen LogP contribution in [0.5, 0.6) is 0 Å². The van der Waals surface area contributed by atoms with Crippen molar-refractivity contribution < 1.29 is 0 Å². The molecule has 0 N–H and O–H groups in total. The lowest BCUT2D eigenvalue weighted by atomic mass is 10.2. The van der Waals surface area contributed by atoms with Crippen LogP contribution in [-0.2, 0) is 0 Å². The molecule has 2 rings (SSSR count). The van der Waals surface area contributed by atoms with E-state index in [1.807, 2.05) is 13.8 Å². The molecule has 1 aliphatic carbocycles. The van der Waals surface area contributed by atoms with E-state index in [1.54, 1.807) is 0 Å². The largest absolute Gasteiger partial charge is 0.0683 e. The molecule has 0 nitrogen and oxygen atoms in total. The lowest BCUT2D eigenvalue weighted by Crippen LogP contribution is -1.71. The third kappa shape index (κ3) is 7.85. The molecule has 0 aliphatic heterocycles. The van der Waals surface area contributed by atoms with Gasteiger partial charge >= 0.3 is 0 Å². The molecular weight excluding hydrogens is 168 g/mol. The van der Waals surface area contributed by atoms with Crippen LogP contribution in [0.2, 0.25) is 0 Å². The maximum absolute atomic E-state index is 2.28. The quantitative estimate of drug-likeness (QED) is 0.556. The zero-order valence-electron chi connectivity index (χ0n) is 10.3. The van der Waals surface area contributed by atoms with Gasteiger partial charge in [-0.05, 0) is 19.8 Å². The predicted octanol–water partition coefficient (Wildman–Crippen LogP) is 4.75. The third-order valence-electron chi connectivity index (χ3n) is 2.04. The van der Waals surface area contributed by atoms with Gasteiger partial charge in [-0.1, -0.05) is 69.0 Å². The molecule has 1 fully saturated rings. The molecule has 14 heavy (non-hydrogen) atoms. The fraction of sp³-hybridized carbons (Fsp3) is 0.571. The van der Waals surface area contributed by atoms with Crippen molar-refractivity contribution in [2.24, 2.45) is 5.92 Å². The Balaban J connectivity index is 0.000000236. The Bertz CT molecular complexity index is 216. The van der Waals surface area contributed by atoms with Crippen molar-refractivity contribution in [2.75, 3.05) is 0 Å². The molecule has 0 saturated heterocycles. The Morgan fingerprint density at radius 3 is 1.50 bits per heavy atom. The molecule has 0 bridgehead atoms. The first-order valence-corrected chi connectivity index (χ1v) is 5.72. The van der Waals surface area contributed by atoms with E-state index in [9.17, 15) is 0 Å². The third-order valence-corrected chi connectivity index (χ3v) is 2.04. The molecule has 1 aliphatic rings. The van der Waals surface area contributed by atoms with Gasteiger partial charge in [0.15, 0.2) is 0 Å². The normalized spacial score (nSPS) is 13.2. The molecule has 1 saturated carbocycles. The molecular formula is C14H24. The van der Waals surface area contributed by atoms with E-state index in [0.717, 1.165) is 5.92 Å². The Morgan fingerprint density at radius 1 is 1.00 bits per heavy atom. The summed E-state index contributed by atoms with van der Waals surface area (Å²) in [5, 5.41) is 0. The van der Waals surface area contributed by atoms with E-state index >= 15 is 0 Å². The van der Waals surface area contributed by atoms with E-state index < -0.39 is 0 Å². The maximum atomic E-state index is 2.28. The standard InChI is InChI=1S/C8H10.C4H8.C2H6/c1-7-4-3-5-8(2)6-7;1-4-2-3-4;1-2/h3-6H,1-2H3;4H,2-3H2,1H3;1-2H3. The van der Waals surface area contributed by atoms with Gasteiger partial charge in [0.25, 0.3) is 0 Å². The topological polar surface area (TPSA) is 0 Å². The van der Waals surface area contributed by atoms with Crippen LogP contribution in [0.1, 0.15) is 44.7 Å². The number of hydrogen-bond acceptors (Lipinski definition) is 0. The van der Waals surface area contributed by atoms with Crippen LogP contribution >= 0.6 is 0 Å². The minimum atomic E-state index is 1.08. The molecule has 0 heterocycles. The average Bonchev–Trinajstić information content (AvgIpc) is 2.92. The predicted molar refractivity (Wildman–Crippen MR) is 65.7 cm³/mol. The first-order valence-electron chi connectivity index (χ1n) is 5.72. The average molecular weight is 192 g/mol. The highest BCUT2D eigenvalue weighted by Gasteiger charge is 2.12. The first kappa shape index (κ1) is 13.2. The van der Waals surface area contributed by atoms with Gasteiger partial charge in [-0.15, -0.1) is 0 Å². The van der Waals surface area contributed by atoms with Crippen molar-refractivity contribution in [1.82, 2.24) is 0 Å². The Morgan fingerprint density at radius 2 is 1.36 bits per heavy atom. The van der Waals surface area contributed by atoms with Gasteiger partial charge in [-0.25, -0.2) is 0 Å². The number of benzene rings is 1. The van der Waals surface area contributed by atoms with Gasteiger partial charge < -0.3 is 0 Å². The lowest BCUT2D eigenvalue weighted by Gasteiger charge is -1.90. The van der Waals surface area contributed by atoms with E-state index in [-0.39, 0.29) is 0 Å². The fourth-order valence-corrected chi connectivity index (χ4v) is 0.974. The second kappa shape index (κ2) is 7.61. The van der Waals surface area contributed by atoms with Crippen molar-refractivity contribution in [1.29, 1.82) is 0 Å². The molecule has 0 amide bonds. The van der Waals surface area contributed by atoms with E-state index in [1.165, 1.54) is 24.0 Å². The summed E-state index contributed by atoms with van der Waals surface area (Å²) in [6.45, 7) is 10.5. The summed E-state index contributed by atoms with van der Waals surface area (Å²) >= 11 is 0. The molecule has 0 radical (unpaired) electrons. The van der Waals surface area contributed by atoms with Gasteiger partial charge in [-0.3, -0.25) is 0 Å². The van der Waals surface area contributed by atoms with Gasteiger partial charge in [0, 0.05) is 0 Å². The molecule has 0 spiro atoms. The number of hydrogen-bond donors (Lipinski definition) is 0. The van der Waals surface area contributed by atoms with Crippen molar-refractivity contribution in [3.8, 4) is 0 Å². The summed E-state index contributed by atoms with van der Waals surface area (Å²) in [7, 11) is 0. The monoisotopic (exact) mass is 192 g/mol. The highest BCUT2D eigenvalue weighted by Crippen LogP contribution is 2.26. The van der Waals surface area contributed by atoms with Gasteiger partial charge in [0.05, 0.1) is 0 Å². The summed E-state index contributed by atoms with van der Waals surface area (Å²) in [6.07, 6.45) is 2.97. The lowest BCUT2D eigenvalue weighted by molar-refractivity contribution is 0.983. The van der Waals surface area contributed by atoms with Crippen molar-refractivity contribution in [2.45, 2.75) is 47.5 Å². The summed E-state index contributed by atoms with van der Waals surface area (Å²) in [4.78, 5) is 0. The second-order valence-corrected chi connectivity index (χ2v) is 3.84. The smallest absolute Gasteiger partial charge is 0.0398 e. The number of aryl methyl sites for hydroxylation is 2. The highest BCUT2D eigenvalue weighted by atomic mass is 14.2. The van der Waals surface area contributed by atoms with Crippen molar-refractivity contribution in [3.63, 3.8) is 0 Å². The zero-order chi connectivity index (χ0) is 11.0. The summed E-state index contributed by atoms with van der Waals surface area (Å²) in [5.74, 6) is 1.08. The van der Waals surface area contributed by atoms with Crippen LogP contribution in [0.4, 0.5) is 0 Å². The summed E-state index contributed by atoms with van der Waals surface area (Å²) in [5.41, 5.74) is 2.68. The minimum Gasteiger partial charge on any atom is -0.0683 e. The molecule has 1 aromatic carbocycles. The molecule has 1 aromatic rings. The molecule has 0 heteroatoms. The van der Waals surface area contributed by atoms with Crippen LogP contribution in [0.25, 0.3) is 0 Å².